The molecule has 120 valence electrons. The Morgan fingerprint density at radius 2 is 2.14 bits per heavy atom. The van der Waals surface area contributed by atoms with Gasteiger partial charge in [-0.2, -0.15) is 0 Å². The summed E-state index contributed by atoms with van der Waals surface area (Å²) in [6.07, 6.45) is 2.34. The van der Waals surface area contributed by atoms with Gasteiger partial charge in [-0.1, -0.05) is 0 Å². The number of carbonyl (C=O) groups is 1. The van der Waals surface area contributed by atoms with Crippen molar-refractivity contribution < 1.29 is 13.9 Å². The second kappa shape index (κ2) is 8.08. The molecule has 0 unspecified atom stereocenters. The third-order valence-electron chi connectivity index (χ3n) is 3.07. The molecule has 21 heavy (non-hydrogen) atoms. The first-order chi connectivity index (χ1) is 9.83. The predicted octanol–water partition coefficient (Wildman–Crippen LogP) is 3.32. The normalized spacial score (nSPS) is 11.5. The van der Waals surface area contributed by atoms with E-state index in [4.69, 9.17) is 9.15 Å². The Morgan fingerprint density at radius 1 is 1.43 bits per heavy atom. The van der Waals surface area contributed by atoms with Crippen molar-refractivity contribution in [2.45, 2.75) is 53.2 Å². The minimum atomic E-state index is -0.445. The summed E-state index contributed by atoms with van der Waals surface area (Å²) in [5.41, 5.74) is 0.714. The highest BCUT2D eigenvalue weighted by molar-refractivity contribution is 5.68. The first kappa shape index (κ1) is 17.6. The monoisotopic (exact) mass is 296 g/mol. The largest absolute Gasteiger partial charge is 0.468 e. The van der Waals surface area contributed by atoms with Gasteiger partial charge in [0.15, 0.2) is 0 Å². The fourth-order valence-electron chi connectivity index (χ4n) is 1.89. The van der Waals surface area contributed by atoms with E-state index in [1.807, 2.05) is 40.7 Å². The molecule has 0 aromatic carbocycles. The highest BCUT2D eigenvalue weighted by Gasteiger charge is 2.20. The lowest BCUT2D eigenvalue weighted by molar-refractivity contribution is 0.0258. The molecule has 0 radical (unpaired) electrons. The van der Waals surface area contributed by atoms with Gasteiger partial charge in [-0.25, -0.2) is 4.79 Å². The number of nitrogens with zero attached hydrogens (tertiary/aromatic N) is 1. The van der Waals surface area contributed by atoms with Crippen LogP contribution in [0.4, 0.5) is 4.79 Å². The molecule has 0 bridgehead atoms. The van der Waals surface area contributed by atoms with Gasteiger partial charge in [0.05, 0.1) is 12.8 Å². The summed E-state index contributed by atoms with van der Waals surface area (Å²) >= 11 is 0. The Labute approximate surface area is 127 Å². The molecule has 1 aromatic heterocycles. The standard InChI is InChI=1S/C16H28N2O3/c1-6-18(15(19)21-16(3,4)5)10-7-9-17-12-14-13(2)8-11-20-14/h8,11,17H,6-7,9-10,12H2,1-5H3. The third-order valence-corrected chi connectivity index (χ3v) is 3.07. The number of amides is 1. The smallest absolute Gasteiger partial charge is 0.410 e. The zero-order chi connectivity index (χ0) is 15.9. The minimum Gasteiger partial charge on any atom is -0.468 e. The van der Waals surface area contributed by atoms with Crippen LogP contribution in [0.5, 0.6) is 0 Å². The van der Waals surface area contributed by atoms with E-state index in [1.165, 1.54) is 0 Å². The molecule has 5 nitrogen and oxygen atoms in total. The van der Waals surface area contributed by atoms with E-state index in [1.54, 1.807) is 11.2 Å². The molecule has 1 amide bonds. The number of carbonyl (C=O) groups excluding carboxylic acids is 1. The van der Waals surface area contributed by atoms with Crippen LogP contribution in [-0.2, 0) is 11.3 Å². The maximum absolute atomic E-state index is 12.0. The summed E-state index contributed by atoms with van der Waals surface area (Å²) in [6, 6.07) is 1.96. The molecule has 0 saturated carbocycles. The molecular formula is C16H28N2O3. The van der Waals surface area contributed by atoms with Gasteiger partial charge < -0.3 is 19.4 Å². The highest BCUT2D eigenvalue weighted by atomic mass is 16.6. The molecule has 1 N–H and O–H groups in total. The lowest BCUT2D eigenvalue weighted by Crippen LogP contribution is -2.38. The van der Waals surface area contributed by atoms with Crippen molar-refractivity contribution in [1.82, 2.24) is 10.2 Å². The number of ether oxygens (including phenoxy) is 1. The average Bonchev–Trinajstić information content (AvgIpc) is 2.77. The van der Waals surface area contributed by atoms with Gasteiger partial charge >= 0.3 is 6.09 Å². The molecule has 0 spiro atoms. The van der Waals surface area contributed by atoms with Crippen molar-refractivity contribution in [1.29, 1.82) is 0 Å². The molecule has 0 saturated heterocycles. The molecule has 0 aliphatic heterocycles. The highest BCUT2D eigenvalue weighted by Crippen LogP contribution is 2.10. The van der Waals surface area contributed by atoms with Crippen LogP contribution in [0.1, 0.15) is 45.4 Å². The minimum absolute atomic E-state index is 0.244. The summed E-state index contributed by atoms with van der Waals surface area (Å²) in [5, 5.41) is 3.32. The first-order valence-corrected chi connectivity index (χ1v) is 7.55. The van der Waals surface area contributed by atoms with Crippen LogP contribution in [0.3, 0.4) is 0 Å². The number of rotatable bonds is 7. The summed E-state index contributed by atoms with van der Waals surface area (Å²) < 4.78 is 10.7. The van der Waals surface area contributed by atoms with Crippen molar-refractivity contribution in [3.05, 3.63) is 23.7 Å². The SMILES string of the molecule is CCN(CCCNCc1occc1C)C(=O)OC(C)(C)C. The van der Waals surface area contributed by atoms with E-state index in [0.29, 0.717) is 13.1 Å². The molecular weight excluding hydrogens is 268 g/mol. The topological polar surface area (TPSA) is 54.7 Å². The molecule has 0 fully saturated rings. The number of furan rings is 1. The molecule has 0 aliphatic carbocycles. The van der Waals surface area contributed by atoms with Crippen molar-refractivity contribution in [2.24, 2.45) is 0 Å². The van der Waals surface area contributed by atoms with Crippen LogP contribution in [0.25, 0.3) is 0 Å². The average molecular weight is 296 g/mol. The quantitative estimate of drug-likeness (QED) is 0.784. The fraction of sp³-hybridized carbons (Fsp3) is 0.688. The number of hydrogen-bond acceptors (Lipinski definition) is 4. The molecule has 5 heteroatoms. The van der Waals surface area contributed by atoms with Gasteiger partial charge in [-0.15, -0.1) is 0 Å². The van der Waals surface area contributed by atoms with Gasteiger partial charge in [0, 0.05) is 13.1 Å². The van der Waals surface area contributed by atoms with Crippen LogP contribution >= 0.6 is 0 Å². The Balaban J connectivity index is 2.23. The van der Waals surface area contributed by atoms with Crippen LogP contribution in [-0.4, -0.2) is 36.2 Å². The first-order valence-electron chi connectivity index (χ1n) is 7.55. The van der Waals surface area contributed by atoms with Crippen molar-refractivity contribution in [3.63, 3.8) is 0 Å². The number of hydrogen-bond donors (Lipinski definition) is 1. The lowest BCUT2D eigenvalue weighted by Gasteiger charge is -2.26. The summed E-state index contributed by atoms with van der Waals surface area (Å²) in [7, 11) is 0. The number of aryl methyl sites for hydroxylation is 1. The van der Waals surface area contributed by atoms with Crippen molar-refractivity contribution >= 4 is 6.09 Å². The molecule has 1 heterocycles. The van der Waals surface area contributed by atoms with Gasteiger partial charge in [0.25, 0.3) is 0 Å². The molecule has 0 aliphatic rings. The maximum Gasteiger partial charge on any atom is 0.410 e. The summed E-state index contributed by atoms with van der Waals surface area (Å²) in [5.74, 6) is 0.967. The van der Waals surface area contributed by atoms with Crippen LogP contribution in [0.2, 0.25) is 0 Å². The van der Waals surface area contributed by atoms with Crippen LogP contribution < -0.4 is 5.32 Å². The third kappa shape index (κ3) is 6.67. The zero-order valence-electron chi connectivity index (χ0n) is 13.9. The number of nitrogens with one attached hydrogen (secondary N) is 1. The van der Waals surface area contributed by atoms with E-state index in [9.17, 15) is 4.79 Å². The Hall–Kier alpha value is -1.49. The fourth-order valence-corrected chi connectivity index (χ4v) is 1.89. The van der Waals surface area contributed by atoms with Gasteiger partial charge in [0.2, 0.25) is 0 Å². The second-order valence-corrected chi connectivity index (χ2v) is 6.12. The molecule has 1 aromatic rings. The Kier molecular flexibility index (Phi) is 6.75. The van der Waals surface area contributed by atoms with Crippen molar-refractivity contribution in [3.8, 4) is 0 Å². The van der Waals surface area contributed by atoms with Gasteiger partial charge in [-0.05, 0) is 59.2 Å². The molecule has 0 atom stereocenters. The van der Waals surface area contributed by atoms with E-state index < -0.39 is 5.60 Å². The lowest BCUT2D eigenvalue weighted by atomic mass is 10.2. The van der Waals surface area contributed by atoms with Gasteiger partial charge in [0.1, 0.15) is 11.4 Å². The second-order valence-electron chi connectivity index (χ2n) is 6.12. The van der Waals surface area contributed by atoms with Crippen LogP contribution in [0.15, 0.2) is 16.7 Å². The maximum atomic E-state index is 12.0. The molecule has 1 rings (SSSR count). The van der Waals surface area contributed by atoms with Crippen molar-refractivity contribution in [2.75, 3.05) is 19.6 Å². The zero-order valence-corrected chi connectivity index (χ0v) is 13.9. The van der Waals surface area contributed by atoms with Crippen LogP contribution in [0, 0.1) is 6.92 Å². The van der Waals surface area contributed by atoms with E-state index in [0.717, 1.165) is 30.8 Å². The Morgan fingerprint density at radius 3 is 2.67 bits per heavy atom. The van der Waals surface area contributed by atoms with E-state index in [-0.39, 0.29) is 6.09 Å². The van der Waals surface area contributed by atoms with E-state index in [2.05, 4.69) is 5.32 Å². The van der Waals surface area contributed by atoms with E-state index >= 15 is 0 Å². The van der Waals surface area contributed by atoms with Gasteiger partial charge in [-0.3, -0.25) is 0 Å². The Bertz CT molecular complexity index is 435. The summed E-state index contributed by atoms with van der Waals surface area (Å²) in [6.45, 7) is 12.5. The predicted molar refractivity (Wildman–Crippen MR) is 83.2 cm³/mol. The summed E-state index contributed by atoms with van der Waals surface area (Å²) in [4.78, 5) is 13.7.